The third-order valence-electron chi connectivity index (χ3n) is 4.28. The first-order chi connectivity index (χ1) is 6.07. The molecule has 0 aromatic heterocycles. The van der Waals surface area contributed by atoms with Gasteiger partial charge in [0.05, 0.1) is 0 Å². The Morgan fingerprint density at radius 2 is 2.08 bits per heavy atom. The molecule has 1 saturated heterocycles. The number of fused-ring (bicyclic) bond motifs is 1. The molecule has 76 valence electrons. The molecule has 0 aromatic rings. The van der Waals surface area contributed by atoms with E-state index in [1.807, 2.05) is 0 Å². The summed E-state index contributed by atoms with van der Waals surface area (Å²) in [7, 11) is 0. The molecule has 0 radical (unpaired) electrons. The van der Waals surface area contributed by atoms with Gasteiger partial charge in [0.1, 0.15) is 0 Å². The van der Waals surface area contributed by atoms with Crippen molar-refractivity contribution in [2.24, 2.45) is 17.3 Å². The molecule has 1 N–H and O–H groups in total. The summed E-state index contributed by atoms with van der Waals surface area (Å²) < 4.78 is 0. The molecule has 0 spiro atoms. The molecule has 1 nitrogen and oxygen atoms in total. The van der Waals surface area contributed by atoms with Crippen LogP contribution in [0.3, 0.4) is 0 Å². The van der Waals surface area contributed by atoms with Crippen molar-refractivity contribution in [1.29, 1.82) is 0 Å². The number of piperidine rings is 1. The fourth-order valence-corrected chi connectivity index (χ4v) is 3.53. The Balaban J connectivity index is 2.04. The van der Waals surface area contributed by atoms with Crippen molar-refractivity contribution in [3.05, 3.63) is 0 Å². The van der Waals surface area contributed by atoms with Crippen molar-refractivity contribution in [3.8, 4) is 0 Å². The van der Waals surface area contributed by atoms with E-state index in [1.165, 1.54) is 19.3 Å². The molecule has 2 aliphatic rings. The van der Waals surface area contributed by atoms with Crippen molar-refractivity contribution in [2.45, 2.75) is 59.0 Å². The molecule has 2 rings (SSSR count). The molecule has 1 heterocycles. The van der Waals surface area contributed by atoms with E-state index >= 15 is 0 Å². The van der Waals surface area contributed by atoms with E-state index in [9.17, 15) is 0 Å². The third kappa shape index (κ3) is 1.41. The van der Waals surface area contributed by atoms with Crippen LogP contribution in [0.15, 0.2) is 0 Å². The van der Waals surface area contributed by atoms with Crippen LogP contribution in [0.1, 0.15) is 47.0 Å². The fraction of sp³-hybridized carbons (Fsp3) is 1.00. The van der Waals surface area contributed by atoms with Gasteiger partial charge in [-0.2, -0.15) is 0 Å². The Morgan fingerprint density at radius 3 is 2.69 bits per heavy atom. The van der Waals surface area contributed by atoms with Gasteiger partial charge >= 0.3 is 0 Å². The van der Waals surface area contributed by atoms with Gasteiger partial charge in [0.25, 0.3) is 0 Å². The van der Waals surface area contributed by atoms with Crippen LogP contribution in [-0.4, -0.2) is 12.1 Å². The highest BCUT2D eigenvalue weighted by molar-refractivity contribution is 5.13. The molecule has 1 saturated carbocycles. The maximum Gasteiger partial charge on any atom is 0.0106 e. The van der Waals surface area contributed by atoms with Crippen molar-refractivity contribution in [2.75, 3.05) is 0 Å². The standard InChI is InChI=1S/C12H23N/c1-5-6-10-11-9(12(11,3)4)7-8(2)13-10/h8-11,13H,5-7H2,1-4H3/t8-,9?,10?,11?/m1/s1. The van der Waals surface area contributed by atoms with Gasteiger partial charge in [-0.15, -0.1) is 0 Å². The van der Waals surface area contributed by atoms with Gasteiger partial charge in [0.2, 0.25) is 0 Å². The van der Waals surface area contributed by atoms with Crippen molar-refractivity contribution >= 4 is 0 Å². The lowest BCUT2D eigenvalue weighted by atomic mass is 9.96. The highest BCUT2D eigenvalue weighted by Crippen LogP contribution is 2.64. The molecule has 1 aliphatic carbocycles. The van der Waals surface area contributed by atoms with Crippen LogP contribution < -0.4 is 5.32 Å². The summed E-state index contributed by atoms with van der Waals surface area (Å²) in [5.41, 5.74) is 0.637. The number of hydrogen-bond donors (Lipinski definition) is 1. The Kier molecular flexibility index (Phi) is 2.18. The maximum absolute atomic E-state index is 3.76. The van der Waals surface area contributed by atoms with Gasteiger partial charge in [-0.3, -0.25) is 0 Å². The molecule has 0 bridgehead atoms. The van der Waals surface area contributed by atoms with Gasteiger partial charge in [0, 0.05) is 12.1 Å². The van der Waals surface area contributed by atoms with Gasteiger partial charge in [-0.1, -0.05) is 27.2 Å². The van der Waals surface area contributed by atoms with E-state index in [0.717, 1.165) is 23.9 Å². The molecular formula is C12H23N. The van der Waals surface area contributed by atoms with E-state index in [2.05, 4.69) is 33.0 Å². The fourth-order valence-electron chi connectivity index (χ4n) is 3.53. The minimum Gasteiger partial charge on any atom is -0.311 e. The second-order valence-corrected chi connectivity index (χ2v) is 5.65. The number of nitrogens with one attached hydrogen (secondary N) is 1. The van der Waals surface area contributed by atoms with E-state index < -0.39 is 0 Å². The zero-order valence-corrected chi connectivity index (χ0v) is 9.43. The normalized spacial score (nSPS) is 47.1. The van der Waals surface area contributed by atoms with Crippen LogP contribution in [0.5, 0.6) is 0 Å². The molecule has 0 amide bonds. The van der Waals surface area contributed by atoms with E-state index in [0.29, 0.717) is 5.41 Å². The summed E-state index contributed by atoms with van der Waals surface area (Å²) in [5, 5.41) is 3.76. The lowest BCUT2D eigenvalue weighted by molar-refractivity contribution is 0.302. The molecule has 1 heteroatoms. The first-order valence-electron chi connectivity index (χ1n) is 5.83. The average molecular weight is 181 g/mol. The summed E-state index contributed by atoms with van der Waals surface area (Å²) in [6, 6.07) is 1.56. The summed E-state index contributed by atoms with van der Waals surface area (Å²) in [6.07, 6.45) is 4.09. The van der Waals surface area contributed by atoms with Crippen LogP contribution in [0.2, 0.25) is 0 Å². The van der Waals surface area contributed by atoms with Crippen LogP contribution in [0.25, 0.3) is 0 Å². The van der Waals surface area contributed by atoms with Gasteiger partial charge in [0.15, 0.2) is 0 Å². The van der Waals surface area contributed by atoms with Gasteiger partial charge in [-0.05, 0) is 37.0 Å². The van der Waals surface area contributed by atoms with E-state index in [-0.39, 0.29) is 0 Å². The van der Waals surface area contributed by atoms with Crippen LogP contribution in [-0.2, 0) is 0 Å². The van der Waals surface area contributed by atoms with Crippen molar-refractivity contribution in [1.82, 2.24) is 5.32 Å². The second kappa shape index (κ2) is 2.98. The van der Waals surface area contributed by atoms with Crippen LogP contribution in [0.4, 0.5) is 0 Å². The topological polar surface area (TPSA) is 12.0 Å². The minimum atomic E-state index is 0.637. The summed E-state index contributed by atoms with van der Waals surface area (Å²) in [5.74, 6) is 1.99. The zero-order chi connectivity index (χ0) is 9.64. The lowest BCUT2D eigenvalue weighted by Crippen LogP contribution is -2.42. The minimum absolute atomic E-state index is 0.637. The molecule has 3 unspecified atom stereocenters. The Morgan fingerprint density at radius 1 is 1.38 bits per heavy atom. The molecule has 0 aromatic carbocycles. The monoisotopic (exact) mass is 181 g/mol. The highest BCUT2D eigenvalue weighted by Gasteiger charge is 2.62. The largest absolute Gasteiger partial charge is 0.311 e. The molecule has 2 fully saturated rings. The molecular weight excluding hydrogens is 158 g/mol. The van der Waals surface area contributed by atoms with Gasteiger partial charge in [-0.25, -0.2) is 0 Å². The molecule has 13 heavy (non-hydrogen) atoms. The van der Waals surface area contributed by atoms with Crippen LogP contribution >= 0.6 is 0 Å². The van der Waals surface area contributed by atoms with Crippen molar-refractivity contribution in [3.63, 3.8) is 0 Å². The first-order valence-corrected chi connectivity index (χ1v) is 5.83. The smallest absolute Gasteiger partial charge is 0.0106 e. The quantitative estimate of drug-likeness (QED) is 0.690. The van der Waals surface area contributed by atoms with E-state index in [1.54, 1.807) is 0 Å². The highest BCUT2D eigenvalue weighted by atomic mass is 15.0. The third-order valence-corrected chi connectivity index (χ3v) is 4.28. The average Bonchev–Trinajstić information content (AvgIpc) is 2.54. The Labute approximate surface area is 82.3 Å². The molecule has 4 atom stereocenters. The maximum atomic E-state index is 3.76. The Bertz CT molecular complexity index is 197. The van der Waals surface area contributed by atoms with Gasteiger partial charge < -0.3 is 5.32 Å². The zero-order valence-electron chi connectivity index (χ0n) is 9.43. The SMILES string of the molecule is CCCC1N[C@H](C)CC2C1C2(C)C. The summed E-state index contributed by atoms with van der Waals surface area (Å²) in [6.45, 7) is 9.54. The lowest BCUT2D eigenvalue weighted by Gasteiger charge is -2.28. The summed E-state index contributed by atoms with van der Waals surface area (Å²) >= 11 is 0. The van der Waals surface area contributed by atoms with Crippen molar-refractivity contribution < 1.29 is 0 Å². The second-order valence-electron chi connectivity index (χ2n) is 5.65. The van der Waals surface area contributed by atoms with Crippen LogP contribution in [0, 0.1) is 17.3 Å². The number of hydrogen-bond acceptors (Lipinski definition) is 1. The number of rotatable bonds is 2. The predicted molar refractivity (Wildman–Crippen MR) is 56.7 cm³/mol. The Hall–Kier alpha value is -0.0400. The summed E-state index contributed by atoms with van der Waals surface area (Å²) in [4.78, 5) is 0. The van der Waals surface area contributed by atoms with E-state index in [4.69, 9.17) is 0 Å². The predicted octanol–water partition coefficient (Wildman–Crippen LogP) is 2.81. The molecule has 1 aliphatic heterocycles. The first kappa shape index (κ1) is 9.51.